The number of nitrogens with zero attached hydrogens (tertiary/aromatic N) is 4. The van der Waals surface area contributed by atoms with Crippen molar-refractivity contribution >= 4 is 65.1 Å². The third-order valence-electron chi connectivity index (χ3n) is 11.6. The molecule has 0 radical (unpaired) electrons. The summed E-state index contributed by atoms with van der Waals surface area (Å²) in [7, 11) is 7.43. The van der Waals surface area contributed by atoms with E-state index in [9.17, 15) is 43.2 Å². The molecule has 18 nitrogen and oxygen atoms in total. The summed E-state index contributed by atoms with van der Waals surface area (Å²) in [6, 6.07) is 2.64. The van der Waals surface area contributed by atoms with Gasteiger partial charge in [-0.1, -0.05) is 80.5 Å². The fourth-order valence-corrected chi connectivity index (χ4v) is 8.62. The molecule has 0 aliphatic heterocycles. The number of benzene rings is 1. The van der Waals surface area contributed by atoms with Crippen molar-refractivity contribution in [1.82, 2.24) is 40.9 Å². The van der Waals surface area contributed by atoms with E-state index in [0.29, 0.717) is 43.4 Å². The molecule has 0 saturated carbocycles. The lowest BCUT2D eigenvalue weighted by Crippen LogP contribution is -2.60. The lowest BCUT2D eigenvalue weighted by atomic mass is 9.97. The van der Waals surface area contributed by atoms with Crippen LogP contribution in [-0.2, 0) is 38.3 Å². The molecule has 0 aliphatic carbocycles. The van der Waals surface area contributed by atoms with Crippen LogP contribution in [0.2, 0.25) is 0 Å². The molecule has 19 heteroatoms. The van der Waals surface area contributed by atoms with E-state index in [1.165, 1.54) is 61.6 Å². The maximum Gasteiger partial charge on any atom is 0.338 e. The number of rotatable bonds is 29. The first-order valence-corrected chi connectivity index (χ1v) is 25.4. The summed E-state index contributed by atoms with van der Waals surface area (Å²) in [6.45, 7) is 18.4. The number of unbranched alkanes of at least 4 members (excludes halogenated alkanes) is 2. The quantitative estimate of drug-likeness (QED) is 0.0472. The maximum absolute atomic E-state index is 14.4. The largest absolute Gasteiger partial charge is 0.462 e. The van der Waals surface area contributed by atoms with E-state index in [2.05, 4.69) is 21.3 Å². The third-order valence-corrected chi connectivity index (χ3v) is 13.0. The highest BCUT2D eigenvalue weighted by Gasteiger charge is 2.40. The van der Waals surface area contributed by atoms with E-state index in [4.69, 9.17) is 4.74 Å². The smallest absolute Gasteiger partial charge is 0.338 e. The highest BCUT2D eigenvalue weighted by molar-refractivity contribution is 8.00. The normalized spacial score (nSPS) is 13.9. The topological polar surface area (TPSA) is 224 Å². The number of hydrogen-bond donors (Lipinski definition) is 4. The average molecular weight is 989 g/mol. The first kappa shape index (κ1) is 61.8. The van der Waals surface area contributed by atoms with Crippen LogP contribution in [0.15, 0.2) is 30.3 Å². The van der Waals surface area contributed by atoms with Gasteiger partial charge in [0.2, 0.25) is 35.4 Å². The lowest BCUT2D eigenvalue weighted by Gasteiger charge is -2.37. The van der Waals surface area contributed by atoms with E-state index < -0.39 is 83.0 Å². The number of thioether (sulfide) groups is 1. The Hall–Kier alpha value is -5.20. The number of carbonyl (C=O) groups excluding carboxylic acids is 9. The Kier molecular flexibility index (Phi) is 27.9. The second-order valence-corrected chi connectivity index (χ2v) is 20.5. The number of hydrogen-bond acceptors (Lipinski definition) is 11. The van der Waals surface area contributed by atoms with E-state index in [1.807, 2.05) is 54.5 Å². The number of esters is 1. The molecule has 390 valence electrons. The van der Waals surface area contributed by atoms with Gasteiger partial charge in [-0.05, 0) is 93.4 Å². The fourth-order valence-electron chi connectivity index (χ4n) is 7.38. The van der Waals surface area contributed by atoms with Crippen LogP contribution in [0.5, 0.6) is 0 Å². The summed E-state index contributed by atoms with van der Waals surface area (Å²) < 4.78 is 5.40. The highest BCUT2D eigenvalue weighted by Crippen LogP contribution is 2.24. The average Bonchev–Trinajstić information content (AvgIpc) is 3.29. The van der Waals surface area contributed by atoms with Crippen LogP contribution < -0.4 is 21.3 Å². The summed E-state index contributed by atoms with van der Waals surface area (Å²) in [5.74, 6) is -4.08. The zero-order valence-electron chi connectivity index (χ0n) is 44.0. The van der Waals surface area contributed by atoms with Crippen molar-refractivity contribution in [3.8, 4) is 0 Å². The van der Waals surface area contributed by atoms with Crippen LogP contribution in [0, 0.1) is 23.7 Å². The predicted molar refractivity (Wildman–Crippen MR) is 270 cm³/mol. The molecule has 0 saturated heterocycles. The summed E-state index contributed by atoms with van der Waals surface area (Å²) in [5, 5.41) is 9.39. The van der Waals surface area contributed by atoms with Gasteiger partial charge in [0.1, 0.15) is 30.2 Å². The van der Waals surface area contributed by atoms with Crippen LogP contribution in [0.1, 0.15) is 131 Å². The molecule has 0 unspecified atom stereocenters. The van der Waals surface area contributed by atoms with E-state index in [1.54, 1.807) is 45.2 Å². The predicted octanol–water partition coefficient (Wildman–Crippen LogP) is 5.05. The molecule has 6 atom stereocenters. The van der Waals surface area contributed by atoms with E-state index in [-0.39, 0.29) is 55.4 Å². The summed E-state index contributed by atoms with van der Waals surface area (Å²) >= 11 is 1.30. The zero-order valence-corrected chi connectivity index (χ0v) is 44.8. The van der Waals surface area contributed by atoms with Gasteiger partial charge < -0.3 is 40.3 Å². The van der Waals surface area contributed by atoms with Gasteiger partial charge in [0.25, 0.3) is 5.91 Å². The Balaban J connectivity index is 3.24. The summed E-state index contributed by atoms with van der Waals surface area (Å²) in [5.41, 5.74) is 0.476. The Labute approximate surface area is 415 Å². The van der Waals surface area contributed by atoms with Crippen LogP contribution in [-0.4, -0.2) is 156 Å². The van der Waals surface area contributed by atoms with Gasteiger partial charge in [0, 0.05) is 41.7 Å². The number of likely N-dealkylation sites (N-methyl/N-ethyl adjacent to an activating group) is 5. The number of ether oxygens (including phenoxy) is 1. The number of nitrogens with one attached hydrogen (secondary N) is 4. The van der Waals surface area contributed by atoms with Gasteiger partial charge in [-0.25, -0.2) is 9.59 Å². The standard InChI is InChI=1S/C50H84N8O10S/c1-16-23-40(59)58(15)48(69-27-22-18-21-26-68-49(66)36-24-19-17-20-25-36)47(65)56(13)39(30-33(6)7)45(63)53-41(34(8)9)46(64)55(12)38(29-32(4)5)44(62)52-35(10)42(60)54-50(67)57(14)37(28-31(2)3)43(61)51-11/h17,19-20,24-25,31-35,37-39,41,48H,16,18,21-23,26-30H2,1-15H3,(H,51,61)(H,52,62)(H,53,63)(H,54,60,67)/t35-,37+,38+,39+,41+,48-/m1/s1. The lowest BCUT2D eigenvalue weighted by molar-refractivity contribution is -0.147. The van der Waals surface area contributed by atoms with Crippen molar-refractivity contribution in [2.45, 2.75) is 156 Å². The molecule has 0 heterocycles. The van der Waals surface area contributed by atoms with Crippen molar-refractivity contribution in [3.05, 3.63) is 35.9 Å². The Morgan fingerprint density at radius 3 is 1.61 bits per heavy atom. The molecule has 0 spiro atoms. The monoisotopic (exact) mass is 989 g/mol. The molecule has 1 aromatic rings. The molecule has 9 amide bonds. The molecule has 69 heavy (non-hydrogen) atoms. The van der Waals surface area contributed by atoms with Crippen molar-refractivity contribution in [2.75, 3.05) is 47.6 Å². The van der Waals surface area contributed by atoms with Gasteiger partial charge in [-0.15, -0.1) is 11.8 Å². The van der Waals surface area contributed by atoms with E-state index >= 15 is 0 Å². The molecular weight excluding hydrogens is 905 g/mol. The van der Waals surface area contributed by atoms with Crippen LogP contribution >= 0.6 is 11.8 Å². The van der Waals surface area contributed by atoms with Gasteiger partial charge in [0.05, 0.1) is 12.2 Å². The first-order chi connectivity index (χ1) is 32.3. The Bertz CT molecular complexity index is 1850. The number of amides is 9. The van der Waals surface area contributed by atoms with Crippen molar-refractivity contribution in [2.24, 2.45) is 23.7 Å². The molecular formula is C50H84N8O10S. The second kappa shape index (κ2) is 31.1. The number of urea groups is 1. The van der Waals surface area contributed by atoms with Crippen molar-refractivity contribution < 1.29 is 47.9 Å². The van der Waals surface area contributed by atoms with E-state index in [0.717, 1.165) is 4.90 Å². The van der Waals surface area contributed by atoms with Gasteiger partial charge >= 0.3 is 12.0 Å². The second-order valence-electron chi connectivity index (χ2n) is 19.4. The first-order valence-electron chi connectivity index (χ1n) is 24.3. The molecule has 0 aliphatic rings. The van der Waals surface area contributed by atoms with Gasteiger partial charge in [0.15, 0.2) is 5.37 Å². The van der Waals surface area contributed by atoms with Crippen molar-refractivity contribution in [1.29, 1.82) is 0 Å². The zero-order chi connectivity index (χ0) is 52.7. The summed E-state index contributed by atoms with van der Waals surface area (Å²) in [4.78, 5) is 127. The SMILES string of the molecule is CCCC(=O)N(C)[C@H](SCCCCCOC(=O)c1ccccc1)C(=O)N(C)[C@@H](CC(C)C)C(=O)N[C@H](C(=O)N(C)[C@@H](CC(C)C)C(=O)N[C@H](C)C(=O)NC(=O)N(C)[C@@H](CC(C)C)C(=O)NC)C(C)C. The molecule has 1 rings (SSSR count). The maximum atomic E-state index is 14.4. The summed E-state index contributed by atoms with van der Waals surface area (Å²) in [6.07, 6.45) is 3.62. The number of imide groups is 1. The molecule has 4 N–H and O–H groups in total. The highest BCUT2D eigenvalue weighted by atomic mass is 32.2. The Morgan fingerprint density at radius 2 is 1.12 bits per heavy atom. The fraction of sp³-hybridized carbons (Fsp3) is 0.700. The molecule has 0 aromatic heterocycles. The minimum atomic E-state index is -1.21. The molecule has 0 bridgehead atoms. The minimum absolute atomic E-state index is 0.0558. The van der Waals surface area contributed by atoms with Crippen molar-refractivity contribution in [3.63, 3.8) is 0 Å². The van der Waals surface area contributed by atoms with Gasteiger partial charge in [-0.3, -0.25) is 38.9 Å². The Morgan fingerprint density at radius 1 is 0.609 bits per heavy atom. The minimum Gasteiger partial charge on any atom is -0.462 e. The van der Waals surface area contributed by atoms with Crippen LogP contribution in [0.4, 0.5) is 4.79 Å². The van der Waals surface area contributed by atoms with Crippen LogP contribution in [0.3, 0.4) is 0 Å². The van der Waals surface area contributed by atoms with Crippen LogP contribution in [0.25, 0.3) is 0 Å². The molecule has 1 aromatic carbocycles. The third kappa shape index (κ3) is 20.7. The molecule has 0 fully saturated rings. The van der Waals surface area contributed by atoms with Gasteiger partial charge in [-0.2, -0.15) is 0 Å². The number of carbonyl (C=O) groups is 9.